The fourth-order valence-electron chi connectivity index (χ4n) is 3.08. The highest BCUT2D eigenvalue weighted by Crippen LogP contribution is 2.22. The molecule has 0 unspecified atom stereocenters. The molecular formula is C20H29N5S. The van der Waals surface area contributed by atoms with Crippen molar-refractivity contribution in [3.63, 3.8) is 0 Å². The standard InChI is InChI=1S/C20H29N5S/c1-6-21-20(26)23-22-14-17-13-15(4)25(16(17)5)19-11-9-18(10-12-19)24(7-2)8-3/h9-14H,6-8H2,1-5H3,(H2,21,23,26)/b22-14-. The maximum absolute atomic E-state index is 5.12. The van der Waals surface area contributed by atoms with Crippen LogP contribution in [0.3, 0.4) is 0 Å². The number of benzene rings is 1. The summed E-state index contributed by atoms with van der Waals surface area (Å²) in [7, 11) is 0. The Morgan fingerprint density at radius 1 is 1.15 bits per heavy atom. The van der Waals surface area contributed by atoms with E-state index in [1.807, 2.05) is 13.1 Å². The molecule has 0 aliphatic rings. The number of hydrazone groups is 1. The highest BCUT2D eigenvalue weighted by atomic mass is 32.1. The zero-order valence-electron chi connectivity index (χ0n) is 16.3. The van der Waals surface area contributed by atoms with Crippen LogP contribution in [0.4, 0.5) is 5.69 Å². The molecule has 2 rings (SSSR count). The van der Waals surface area contributed by atoms with Crippen molar-refractivity contribution in [2.24, 2.45) is 5.10 Å². The molecule has 0 radical (unpaired) electrons. The minimum absolute atomic E-state index is 0.532. The second-order valence-corrected chi connectivity index (χ2v) is 6.49. The lowest BCUT2D eigenvalue weighted by molar-refractivity contribution is 0.865. The minimum atomic E-state index is 0.532. The summed E-state index contributed by atoms with van der Waals surface area (Å²) in [5, 5.41) is 7.77. The summed E-state index contributed by atoms with van der Waals surface area (Å²) in [5.74, 6) is 0. The van der Waals surface area contributed by atoms with E-state index in [0.717, 1.165) is 36.6 Å². The molecule has 0 spiro atoms. The number of nitrogens with one attached hydrogen (secondary N) is 2. The Morgan fingerprint density at radius 2 is 1.81 bits per heavy atom. The number of anilines is 1. The van der Waals surface area contributed by atoms with Crippen LogP contribution in [0.15, 0.2) is 35.4 Å². The Bertz CT molecular complexity index is 757. The molecule has 0 saturated carbocycles. The zero-order valence-corrected chi connectivity index (χ0v) is 17.2. The topological polar surface area (TPSA) is 44.6 Å². The van der Waals surface area contributed by atoms with Crippen molar-refractivity contribution in [3.8, 4) is 5.69 Å². The fraction of sp³-hybridized carbons (Fsp3) is 0.400. The van der Waals surface area contributed by atoms with Crippen LogP contribution in [0, 0.1) is 13.8 Å². The summed E-state index contributed by atoms with van der Waals surface area (Å²) in [6.07, 6.45) is 1.81. The molecule has 0 fully saturated rings. The molecule has 26 heavy (non-hydrogen) atoms. The summed E-state index contributed by atoms with van der Waals surface area (Å²) in [5.41, 5.74) is 8.65. The van der Waals surface area contributed by atoms with E-state index in [0.29, 0.717) is 5.11 Å². The summed E-state index contributed by atoms with van der Waals surface area (Å²) in [4.78, 5) is 2.34. The SMILES string of the molecule is CCNC(=S)N/N=C\c1cc(C)n(-c2ccc(N(CC)CC)cc2)c1C. The van der Waals surface area contributed by atoms with E-state index in [1.54, 1.807) is 0 Å². The van der Waals surface area contributed by atoms with Crippen LogP contribution in [-0.4, -0.2) is 35.5 Å². The first kappa shape index (κ1) is 20.0. The molecule has 0 atom stereocenters. The van der Waals surface area contributed by atoms with Crippen LogP contribution in [0.1, 0.15) is 37.7 Å². The van der Waals surface area contributed by atoms with Gasteiger partial charge >= 0.3 is 0 Å². The largest absolute Gasteiger partial charge is 0.372 e. The van der Waals surface area contributed by atoms with Gasteiger partial charge in [0.05, 0.1) is 6.21 Å². The van der Waals surface area contributed by atoms with E-state index in [2.05, 4.69) is 83.3 Å². The van der Waals surface area contributed by atoms with Crippen LogP contribution in [0.25, 0.3) is 5.69 Å². The number of thiocarbonyl (C=S) groups is 1. The van der Waals surface area contributed by atoms with E-state index in [9.17, 15) is 0 Å². The van der Waals surface area contributed by atoms with Crippen LogP contribution >= 0.6 is 12.2 Å². The van der Waals surface area contributed by atoms with Gasteiger partial charge in [-0.05, 0) is 77.2 Å². The number of aryl methyl sites for hydroxylation is 1. The van der Waals surface area contributed by atoms with Gasteiger partial charge in [-0.25, -0.2) is 0 Å². The first-order valence-electron chi connectivity index (χ1n) is 9.13. The van der Waals surface area contributed by atoms with Gasteiger partial charge in [0.15, 0.2) is 5.11 Å². The van der Waals surface area contributed by atoms with E-state index >= 15 is 0 Å². The normalized spacial score (nSPS) is 11.0. The highest BCUT2D eigenvalue weighted by Gasteiger charge is 2.10. The van der Waals surface area contributed by atoms with E-state index in [1.165, 1.54) is 11.4 Å². The third-order valence-electron chi connectivity index (χ3n) is 4.41. The van der Waals surface area contributed by atoms with Crippen molar-refractivity contribution < 1.29 is 0 Å². The van der Waals surface area contributed by atoms with Gasteiger partial charge in [0.1, 0.15) is 0 Å². The second kappa shape index (κ2) is 9.38. The van der Waals surface area contributed by atoms with E-state index in [4.69, 9.17) is 12.2 Å². The molecule has 1 aromatic heterocycles. The highest BCUT2D eigenvalue weighted by molar-refractivity contribution is 7.80. The average molecular weight is 372 g/mol. The molecule has 0 saturated heterocycles. The lowest BCUT2D eigenvalue weighted by Crippen LogP contribution is -2.31. The maximum atomic E-state index is 5.12. The molecule has 5 nitrogen and oxygen atoms in total. The van der Waals surface area contributed by atoms with Crippen molar-refractivity contribution in [1.82, 2.24) is 15.3 Å². The maximum Gasteiger partial charge on any atom is 0.186 e. The minimum Gasteiger partial charge on any atom is -0.372 e. The zero-order chi connectivity index (χ0) is 19.1. The number of hydrogen-bond acceptors (Lipinski definition) is 3. The molecule has 0 amide bonds. The predicted octanol–water partition coefficient (Wildman–Crippen LogP) is 3.76. The third-order valence-corrected chi connectivity index (χ3v) is 4.65. The fourth-order valence-corrected chi connectivity index (χ4v) is 3.27. The van der Waals surface area contributed by atoms with Crippen LogP contribution in [0.5, 0.6) is 0 Å². The van der Waals surface area contributed by atoms with Crippen LogP contribution < -0.4 is 15.6 Å². The number of rotatable bonds is 7. The molecule has 2 aromatic rings. The first-order chi connectivity index (χ1) is 12.5. The third kappa shape index (κ3) is 4.64. The average Bonchev–Trinajstić information content (AvgIpc) is 2.91. The molecule has 6 heteroatoms. The Hall–Kier alpha value is -2.34. The quantitative estimate of drug-likeness (QED) is 0.442. The number of nitrogens with zero attached hydrogens (tertiary/aromatic N) is 3. The van der Waals surface area contributed by atoms with E-state index in [-0.39, 0.29) is 0 Å². The molecule has 140 valence electrons. The molecule has 0 bridgehead atoms. The summed E-state index contributed by atoms with van der Waals surface area (Å²) in [6, 6.07) is 10.9. The van der Waals surface area contributed by atoms with Crippen molar-refractivity contribution in [3.05, 3.63) is 47.3 Å². The second-order valence-electron chi connectivity index (χ2n) is 6.08. The Labute approximate surface area is 162 Å². The van der Waals surface area contributed by atoms with E-state index < -0.39 is 0 Å². The lowest BCUT2D eigenvalue weighted by Gasteiger charge is -2.21. The van der Waals surface area contributed by atoms with Crippen LogP contribution in [-0.2, 0) is 0 Å². The first-order valence-corrected chi connectivity index (χ1v) is 9.53. The number of hydrogen-bond donors (Lipinski definition) is 2. The van der Waals surface area contributed by atoms with Crippen molar-refractivity contribution in [1.29, 1.82) is 0 Å². The number of aromatic nitrogens is 1. The van der Waals surface area contributed by atoms with Gasteiger partial charge in [0.2, 0.25) is 0 Å². The van der Waals surface area contributed by atoms with Gasteiger partial charge in [-0.15, -0.1) is 0 Å². The molecule has 0 aliphatic heterocycles. The molecule has 2 N–H and O–H groups in total. The summed E-state index contributed by atoms with van der Waals surface area (Å²) >= 11 is 5.12. The van der Waals surface area contributed by atoms with Gasteiger partial charge in [-0.3, -0.25) is 5.43 Å². The van der Waals surface area contributed by atoms with Gasteiger partial charge in [-0.1, -0.05) is 0 Å². The molecule has 1 aromatic carbocycles. The van der Waals surface area contributed by atoms with Crippen molar-refractivity contribution >= 4 is 29.2 Å². The summed E-state index contributed by atoms with van der Waals surface area (Å²) < 4.78 is 2.25. The monoisotopic (exact) mass is 371 g/mol. The van der Waals surface area contributed by atoms with Gasteiger partial charge in [0.25, 0.3) is 0 Å². The lowest BCUT2D eigenvalue weighted by atomic mass is 10.2. The van der Waals surface area contributed by atoms with Gasteiger partial charge < -0.3 is 14.8 Å². The predicted molar refractivity (Wildman–Crippen MR) is 116 cm³/mol. The smallest absolute Gasteiger partial charge is 0.186 e. The molecule has 1 heterocycles. The summed E-state index contributed by atoms with van der Waals surface area (Å²) in [6.45, 7) is 13.4. The Kier molecular flexibility index (Phi) is 7.21. The van der Waals surface area contributed by atoms with Crippen molar-refractivity contribution in [2.45, 2.75) is 34.6 Å². The van der Waals surface area contributed by atoms with Crippen molar-refractivity contribution in [2.75, 3.05) is 24.5 Å². The van der Waals surface area contributed by atoms with Gasteiger partial charge in [-0.2, -0.15) is 5.10 Å². The Morgan fingerprint density at radius 3 is 2.38 bits per heavy atom. The van der Waals surface area contributed by atoms with Gasteiger partial charge in [0, 0.05) is 48.0 Å². The molecular weight excluding hydrogens is 342 g/mol. The van der Waals surface area contributed by atoms with Crippen LogP contribution in [0.2, 0.25) is 0 Å². The molecule has 0 aliphatic carbocycles. The Balaban J connectivity index is 2.22.